The van der Waals surface area contributed by atoms with Gasteiger partial charge in [-0.3, -0.25) is 34.2 Å². The minimum atomic E-state index is -1.01. The molecular formula is C45H46ClN3O8S. The molecule has 302 valence electrons. The topological polar surface area (TPSA) is 132 Å². The minimum Gasteiger partial charge on any atom is -0.492 e. The molecule has 0 aromatic heterocycles. The number of hydrogen-bond acceptors (Lipinski definition) is 9. The molecule has 4 aromatic carbocycles. The average Bonchev–Trinajstić information content (AvgIpc) is 3.50. The maximum absolute atomic E-state index is 13.3. The van der Waals surface area contributed by atoms with Crippen molar-refractivity contribution in [1.29, 1.82) is 0 Å². The van der Waals surface area contributed by atoms with Crippen molar-refractivity contribution in [2.75, 3.05) is 58.3 Å². The zero-order valence-electron chi connectivity index (χ0n) is 32.3. The summed E-state index contributed by atoms with van der Waals surface area (Å²) < 4.78 is 17.3. The average molecular weight is 824 g/mol. The molecule has 0 radical (unpaired) electrons. The summed E-state index contributed by atoms with van der Waals surface area (Å²) in [4.78, 5) is 66.2. The lowest BCUT2D eigenvalue weighted by molar-refractivity contribution is -0.136. The Balaban J connectivity index is 0.880. The summed E-state index contributed by atoms with van der Waals surface area (Å²) in [7, 11) is 1.74. The second-order valence-corrected chi connectivity index (χ2v) is 15.2. The van der Waals surface area contributed by atoms with Crippen molar-refractivity contribution in [1.82, 2.24) is 15.1 Å². The Morgan fingerprint density at radius 1 is 0.776 bits per heavy atom. The fourth-order valence-electron chi connectivity index (χ4n) is 6.90. The maximum Gasteiger partial charge on any atom is 0.263 e. The predicted octanol–water partition coefficient (Wildman–Crippen LogP) is 6.73. The van der Waals surface area contributed by atoms with Crippen LogP contribution in [0.25, 0.3) is 11.1 Å². The second kappa shape index (κ2) is 20.9. The van der Waals surface area contributed by atoms with Crippen molar-refractivity contribution in [2.24, 2.45) is 0 Å². The summed E-state index contributed by atoms with van der Waals surface area (Å²) in [5.74, 6) is -0.449. The van der Waals surface area contributed by atoms with Crippen molar-refractivity contribution in [2.45, 2.75) is 36.6 Å². The van der Waals surface area contributed by atoms with Gasteiger partial charge in [0.15, 0.2) is 0 Å². The highest BCUT2D eigenvalue weighted by Gasteiger charge is 2.45. The Labute approximate surface area is 347 Å². The number of benzene rings is 4. The quantitative estimate of drug-likeness (QED) is 0.0339. The number of alkyl halides is 1. The lowest BCUT2D eigenvalue weighted by Crippen LogP contribution is -2.54. The van der Waals surface area contributed by atoms with E-state index in [1.807, 2.05) is 48.5 Å². The van der Waals surface area contributed by atoms with E-state index in [1.165, 1.54) is 17.3 Å². The zero-order chi connectivity index (χ0) is 40.9. The normalized spacial score (nSPS) is 15.6. The highest BCUT2D eigenvalue weighted by Crippen LogP contribution is 2.36. The van der Waals surface area contributed by atoms with Crippen LogP contribution in [0.5, 0.6) is 5.75 Å². The highest BCUT2D eigenvalue weighted by atomic mass is 35.5. The number of carbonyl (C=O) groups is 5. The molecular weight excluding hydrogens is 778 g/mol. The summed E-state index contributed by atoms with van der Waals surface area (Å²) in [6.07, 6.45) is 1.11. The van der Waals surface area contributed by atoms with Crippen LogP contribution in [0.1, 0.15) is 63.1 Å². The number of allylic oxidation sites excluding steroid dienone is 1. The summed E-state index contributed by atoms with van der Waals surface area (Å²) in [5, 5.41) is 2.21. The molecule has 1 atom stereocenters. The molecule has 2 heterocycles. The molecule has 58 heavy (non-hydrogen) atoms. The first kappa shape index (κ1) is 42.3. The van der Waals surface area contributed by atoms with Crippen molar-refractivity contribution < 1.29 is 38.2 Å². The Morgan fingerprint density at radius 2 is 1.45 bits per heavy atom. The van der Waals surface area contributed by atoms with Crippen LogP contribution in [0.3, 0.4) is 0 Å². The Bertz CT molecular complexity index is 2110. The lowest BCUT2D eigenvalue weighted by atomic mass is 9.88. The highest BCUT2D eigenvalue weighted by molar-refractivity contribution is 7.99. The number of amides is 5. The van der Waals surface area contributed by atoms with Gasteiger partial charge in [-0.2, -0.15) is 0 Å². The molecule has 13 heteroatoms. The van der Waals surface area contributed by atoms with E-state index < -0.39 is 29.7 Å². The summed E-state index contributed by atoms with van der Waals surface area (Å²) in [6, 6.07) is 32.7. The number of rotatable bonds is 20. The van der Waals surface area contributed by atoms with Crippen LogP contribution in [0, 0.1) is 0 Å². The molecule has 0 aliphatic carbocycles. The first-order chi connectivity index (χ1) is 28.3. The van der Waals surface area contributed by atoms with Gasteiger partial charge < -0.3 is 19.1 Å². The molecule has 2 aliphatic heterocycles. The van der Waals surface area contributed by atoms with Crippen LogP contribution >= 0.6 is 23.4 Å². The van der Waals surface area contributed by atoms with Crippen LogP contribution in [0.15, 0.2) is 108 Å². The first-order valence-electron chi connectivity index (χ1n) is 19.3. The largest absolute Gasteiger partial charge is 0.492 e. The molecule has 11 nitrogen and oxygen atoms in total. The van der Waals surface area contributed by atoms with E-state index in [9.17, 15) is 24.0 Å². The number of nitrogens with zero attached hydrogens (tertiary/aromatic N) is 2. The fourth-order valence-corrected chi connectivity index (χ4v) is 8.02. The third-order valence-corrected chi connectivity index (χ3v) is 11.1. The molecule has 0 spiro atoms. The Morgan fingerprint density at radius 3 is 2.14 bits per heavy atom. The molecule has 0 saturated carbocycles. The van der Waals surface area contributed by atoms with Crippen molar-refractivity contribution in [3.8, 4) is 5.75 Å². The van der Waals surface area contributed by atoms with Gasteiger partial charge in [0.25, 0.3) is 11.8 Å². The molecule has 1 saturated heterocycles. The number of nitrogens with one attached hydrogen (secondary N) is 1. The van der Waals surface area contributed by atoms with E-state index >= 15 is 0 Å². The summed E-state index contributed by atoms with van der Waals surface area (Å²) >= 11 is 7.67. The van der Waals surface area contributed by atoms with E-state index in [0.29, 0.717) is 55.3 Å². The van der Waals surface area contributed by atoms with Gasteiger partial charge in [0.1, 0.15) is 18.4 Å². The van der Waals surface area contributed by atoms with Crippen LogP contribution in [0.4, 0.5) is 0 Å². The Hall–Kier alpha value is -5.27. The Kier molecular flexibility index (Phi) is 15.3. The molecule has 5 amide bonds. The van der Waals surface area contributed by atoms with Crippen LogP contribution in [-0.2, 0) is 23.9 Å². The van der Waals surface area contributed by atoms with Crippen LogP contribution in [-0.4, -0.2) is 104 Å². The third-order valence-electron chi connectivity index (χ3n) is 9.84. The van der Waals surface area contributed by atoms with Gasteiger partial charge in [-0.1, -0.05) is 78.9 Å². The van der Waals surface area contributed by atoms with E-state index in [4.69, 9.17) is 25.8 Å². The number of imide groups is 2. The minimum absolute atomic E-state index is 0.0544. The van der Waals surface area contributed by atoms with Crippen LogP contribution < -0.4 is 10.1 Å². The van der Waals surface area contributed by atoms with E-state index in [1.54, 1.807) is 30.1 Å². The van der Waals surface area contributed by atoms with Gasteiger partial charge in [0.05, 0.1) is 50.5 Å². The number of thioether (sulfide) groups is 1. The van der Waals surface area contributed by atoms with E-state index in [2.05, 4.69) is 41.7 Å². The number of ether oxygens (including phenoxy) is 3. The number of likely N-dealkylation sites (N-methyl/N-ethyl adjacent to an activating group) is 1. The van der Waals surface area contributed by atoms with Gasteiger partial charge in [-0.15, -0.1) is 23.4 Å². The van der Waals surface area contributed by atoms with Crippen molar-refractivity contribution >= 4 is 64.0 Å². The van der Waals surface area contributed by atoms with Gasteiger partial charge in [-0.25, -0.2) is 0 Å². The zero-order valence-corrected chi connectivity index (χ0v) is 33.9. The van der Waals surface area contributed by atoms with Crippen molar-refractivity contribution in [3.63, 3.8) is 0 Å². The van der Waals surface area contributed by atoms with Gasteiger partial charge in [0, 0.05) is 30.0 Å². The second-order valence-electron chi connectivity index (χ2n) is 13.7. The SMILES string of the molecule is CN(CCOc1ccc(/C(=C(/CCCl)c2ccccc2)c2ccccc2)cc1)C(=O)CCOCCOCCSc1cccc2c1C(=O)N(C1CCC(=O)NC1=O)C2=O. The standard InChI is InChI=1S/C45H46ClN3O8S/c1-48(24-26-57-34-17-15-33(16-18-34)41(32-11-6-3-7-12-32)35(21-23-46)31-9-4-2-5-10-31)40(51)22-25-55-27-28-56-29-30-58-38-14-8-13-36-42(38)45(54)49(44(36)53)37-19-20-39(50)47-43(37)52/h2-18,37H,19-30H2,1H3,(H,47,50,52)/b41-35-. The molecule has 0 bridgehead atoms. The van der Waals surface area contributed by atoms with Crippen molar-refractivity contribution in [3.05, 3.63) is 131 Å². The van der Waals surface area contributed by atoms with Gasteiger partial charge in [0.2, 0.25) is 17.7 Å². The van der Waals surface area contributed by atoms with Gasteiger partial charge >= 0.3 is 0 Å². The molecule has 1 N–H and O–H groups in total. The smallest absolute Gasteiger partial charge is 0.263 e. The number of halogens is 1. The molecule has 1 unspecified atom stereocenters. The summed E-state index contributed by atoms with van der Waals surface area (Å²) in [6.45, 7) is 2.03. The number of hydrogen-bond donors (Lipinski definition) is 1. The number of fused-ring (bicyclic) bond motifs is 1. The van der Waals surface area contributed by atoms with Crippen LogP contribution in [0.2, 0.25) is 0 Å². The van der Waals surface area contributed by atoms with E-state index in [0.717, 1.165) is 33.6 Å². The number of piperidine rings is 1. The lowest BCUT2D eigenvalue weighted by Gasteiger charge is -2.27. The van der Waals surface area contributed by atoms with Gasteiger partial charge in [-0.05, 0) is 64.9 Å². The molecule has 1 fully saturated rings. The van der Waals surface area contributed by atoms with E-state index in [-0.39, 0.29) is 42.9 Å². The first-order valence-corrected chi connectivity index (χ1v) is 20.8. The third kappa shape index (κ3) is 10.6. The molecule has 2 aliphatic rings. The maximum atomic E-state index is 13.3. The molecule has 6 rings (SSSR count). The fraction of sp³-hybridized carbons (Fsp3) is 0.311. The predicted molar refractivity (Wildman–Crippen MR) is 224 cm³/mol. The summed E-state index contributed by atoms with van der Waals surface area (Å²) in [5.41, 5.74) is 6.13. The monoisotopic (exact) mass is 823 g/mol. The molecule has 4 aromatic rings. The number of carbonyl (C=O) groups excluding carboxylic acids is 5.